The normalized spacial score (nSPS) is 24.4. The molecule has 15 heteroatoms. The van der Waals surface area contributed by atoms with Crippen LogP contribution in [0.5, 0.6) is 0 Å². The second-order valence-electron chi connectivity index (χ2n) is 22.3. The molecule has 0 aromatic carbocycles. The number of unbranched alkanes of at least 4 members (excludes halogenated alkanes) is 4. The van der Waals surface area contributed by atoms with E-state index < -0.39 is 57.1 Å². The van der Waals surface area contributed by atoms with Gasteiger partial charge in [0.15, 0.2) is 22.7 Å². The standard InChI is InChI=1S/C30H54O7Si.C22H38O6Si/c1-12-14-15-16-17-19-25(31)36-27-23(21-26(32)33-8)20-24(18-13-2)37-30(27,34-9)29(6,7)22-35-38(10,11)28(3,4)5;1-11-12-17-13-16(14-18(23)25-7)19(24)22(26-8,28-17)21(5,6)15-27-29(9,10)20(2,3)4/h13,21,24,27H,2,12,14-20,22H2,1,3-11H3;11,14,17H,1,12-13,15H2,2-10H3/b23-21+;16-14+/t24?,27-,30+;17?,22-/m01/s1. The van der Waals surface area contributed by atoms with Gasteiger partial charge < -0.3 is 42.0 Å². The van der Waals surface area contributed by atoms with Gasteiger partial charge in [-0.2, -0.15) is 0 Å². The summed E-state index contributed by atoms with van der Waals surface area (Å²) < 4.78 is 53.7. The Balaban J connectivity index is 0.000000695. The van der Waals surface area contributed by atoms with Crippen LogP contribution in [0.3, 0.4) is 0 Å². The summed E-state index contributed by atoms with van der Waals surface area (Å²) in [4.78, 5) is 50.8. The molecule has 2 aliphatic heterocycles. The minimum absolute atomic E-state index is 0.0156. The molecule has 2 heterocycles. The van der Waals surface area contributed by atoms with E-state index in [4.69, 9.17) is 42.0 Å². The van der Waals surface area contributed by atoms with Gasteiger partial charge in [-0.3, -0.25) is 9.59 Å². The van der Waals surface area contributed by atoms with Gasteiger partial charge in [-0.25, -0.2) is 9.59 Å². The Labute approximate surface area is 407 Å². The molecule has 386 valence electrons. The number of ketones is 1. The molecule has 0 radical (unpaired) electrons. The lowest BCUT2D eigenvalue weighted by atomic mass is 9.75. The highest BCUT2D eigenvalue weighted by Gasteiger charge is 2.61. The van der Waals surface area contributed by atoms with Crippen LogP contribution in [0.25, 0.3) is 0 Å². The second kappa shape index (κ2) is 25.9. The third kappa shape index (κ3) is 16.4. The van der Waals surface area contributed by atoms with Crippen LogP contribution in [-0.2, 0) is 61.2 Å². The summed E-state index contributed by atoms with van der Waals surface area (Å²) in [6, 6.07) is 0. The van der Waals surface area contributed by atoms with Crippen LogP contribution in [0.15, 0.2) is 48.6 Å². The monoisotopic (exact) mass is 981 g/mol. The van der Waals surface area contributed by atoms with Crippen molar-refractivity contribution in [2.45, 2.75) is 207 Å². The molecule has 2 rings (SSSR count). The summed E-state index contributed by atoms with van der Waals surface area (Å²) in [6.07, 6.45) is 11.7. The number of esters is 3. The zero-order valence-electron chi connectivity index (χ0n) is 45.2. The first-order valence-electron chi connectivity index (χ1n) is 24.0. The molecular formula is C52H92O13Si2. The van der Waals surface area contributed by atoms with E-state index in [2.05, 4.69) is 87.8 Å². The minimum atomic E-state index is -2.11. The molecule has 2 aliphatic rings. The predicted molar refractivity (Wildman–Crippen MR) is 270 cm³/mol. The summed E-state index contributed by atoms with van der Waals surface area (Å²) >= 11 is 0. The summed E-state index contributed by atoms with van der Waals surface area (Å²) in [5.41, 5.74) is -0.615. The molecule has 0 spiro atoms. The lowest BCUT2D eigenvalue weighted by Crippen LogP contribution is -2.65. The van der Waals surface area contributed by atoms with Crippen molar-refractivity contribution >= 4 is 40.3 Å². The smallest absolute Gasteiger partial charge is 0.330 e. The lowest BCUT2D eigenvalue weighted by Gasteiger charge is -2.54. The van der Waals surface area contributed by atoms with Gasteiger partial charge in [0, 0.05) is 68.8 Å². The first-order chi connectivity index (χ1) is 30.8. The fourth-order valence-electron chi connectivity index (χ4n) is 7.55. The van der Waals surface area contributed by atoms with Gasteiger partial charge in [0.05, 0.1) is 26.4 Å². The van der Waals surface area contributed by atoms with Crippen LogP contribution in [0.2, 0.25) is 36.3 Å². The van der Waals surface area contributed by atoms with E-state index in [1.807, 2.05) is 27.7 Å². The number of rotatable bonds is 23. The van der Waals surface area contributed by atoms with Crippen LogP contribution < -0.4 is 0 Å². The molecule has 0 aromatic heterocycles. The highest BCUT2D eigenvalue weighted by Crippen LogP contribution is 2.50. The summed E-state index contributed by atoms with van der Waals surface area (Å²) in [7, 11) is 1.47. The molecule has 0 aliphatic carbocycles. The summed E-state index contributed by atoms with van der Waals surface area (Å²) in [5, 5.41) is 0.0454. The number of ether oxygens (including phenoxy) is 7. The van der Waals surface area contributed by atoms with Gasteiger partial charge in [-0.05, 0) is 67.5 Å². The van der Waals surface area contributed by atoms with Gasteiger partial charge in [-0.15, -0.1) is 13.2 Å². The zero-order chi connectivity index (χ0) is 51.9. The quantitative estimate of drug-likeness (QED) is 0.0239. The SMILES string of the molecule is C=CCC1C/C(=C\C(=O)OC)C(=O)[C@](OC)(C(C)(C)CO[Si](C)(C)C(C)(C)C)O1.C=CCC1C/C(=C\C(=O)OC)[C@H](OC(=O)CCCCCCC)[C@](OC)(C(C)(C)CO[Si](C)(C)C(C)(C)C)O1. The topological polar surface area (TPSA) is 151 Å². The number of hydrogen-bond donors (Lipinski definition) is 0. The number of Topliss-reactive ketones (excluding diaryl/α,β-unsaturated/α-hetero) is 1. The van der Waals surface area contributed by atoms with Crippen LogP contribution in [0.4, 0.5) is 0 Å². The van der Waals surface area contributed by atoms with Crippen LogP contribution in [0, 0.1) is 10.8 Å². The Hall–Kier alpha value is -2.77. The molecule has 0 N–H and O–H groups in total. The second-order valence-corrected chi connectivity index (χ2v) is 31.9. The summed E-state index contributed by atoms with van der Waals surface area (Å²) in [6.45, 7) is 40.0. The van der Waals surface area contributed by atoms with Crippen molar-refractivity contribution in [3.8, 4) is 0 Å². The first kappa shape index (κ1) is 62.2. The van der Waals surface area contributed by atoms with E-state index in [1.165, 1.54) is 33.5 Å². The minimum Gasteiger partial charge on any atom is -0.466 e. The number of methoxy groups -OCH3 is 4. The molecule has 0 amide bonds. The molecule has 0 saturated carbocycles. The molecular weight excluding hydrogens is 889 g/mol. The van der Waals surface area contributed by atoms with E-state index in [0.717, 1.165) is 32.1 Å². The van der Waals surface area contributed by atoms with Crippen molar-refractivity contribution in [1.82, 2.24) is 0 Å². The van der Waals surface area contributed by atoms with Gasteiger partial charge in [0.1, 0.15) is 0 Å². The van der Waals surface area contributed by atoms with Crippen molar-refractivity contribution in [1.29, 1.82) is 0 Å². The zero-order valence-corrected chi connectivity index (χ0v) is 47.2. The van der Waals surface area contributed by atoms with E-state index >= 15 is 0 Å². The van der Waals surface area contributed by atoms with Crippen molar-refractivity contribution in [2.75, 3.05) is 41.7 Å². The third-order valence-corrected chi connectivity index (χ3v) is 23.0. The molecule has 2 unspecified atom stereocenters. The van der Waals surface area contributed by atoms with Gasteiger partial charge in [0.2, 0.25) is 17.4 Å². The number of carbonyl (C=O) groups excluding carboxylic acids is 4. The highest BCUT2D eigenvalue weighted by atomic mass is 28.4. The Morgan fingerprint density at radius 1 is 0.687 bits per heavy atom. The Bertz CT molecular complexity index is 1720. The lowest BCUT2D eigenvalue weighted by molar-refractivity contribution is -0.348. The largest absolute Gasteiger partial charge is 0.466 e. The van der Waals surface area contributed by atoms with E-state index in [-0.39, 0.29) is 40.6 Å². The Morgan fingerprint density at radius 2 is 1.16 bits per heavy atom. The summed E-state index contributed by atoms with van der Waals surface area (Å²) in [5.74, 6) is -4.75. The first-order valence-corrected chi connectivity index (χ1v) is 29.9. The fraction of sp³-hybridized carbons (Fsp3) is 0.769. The molecule has 2 fully saturated rings. The fourth-order valence-corrected chi connectivity index (χ4v) is 9.86. The van der Waals surface area contributed by atoms with E-state index in [0.29, 0.717) is 49.9 Å². The molecule has 0 bridgehead atoms. The Kier molecular flexibility index (Phi) is 24.1. The number of carbonyl (C=O) groups is 4. The number of hydrogen-bond acceptors (Lipinski definition) is 13. The average molecular weight is 981 g/mol. The highest BCUT2D eigenvalue weighted by molar-refractivity contribution is 6.74. The van der Waals surface area contributed by atoms with Gasteiger partial charge in [0.25, 0.3) is 0 Å². The van der Waals surface area contributed by atoms with Gasteiger partial charge >= 0.3 is 17.9 Å². The maximum atomic E-state index is 13.5. The Morgan fingerprint density at radius 3 is 1.61 bits per heavy atom. The third-order valence-electron chi connectivity index (χ3n) is 14.1. The van der Waals surface area contributed by atoms with Crippen LogP contribution in [0.1, 0.15) is 140 Å². The molecule has 67 heavy (non-hydrogen) atoms. The molecule has 0 aromatic rings. The van der Waals surface area contributed by atoms with Crippen molar-refractivity contribution < 1.29 is 61.2 Å². The van der Waals surface area contributed by atoms with Crippen LogP contribution >= 0.6 is 0 Å². The van der Waals surface area contributed by atoms with Crippen LogP contribution in [-0.4, -0.2) is 112 Å². The predicted octanol–water partition coefficient (Wildman–Crippen LogP) is 11.5. The maximum Gasteiger partial charge on any atom is 0.330 e. The average Bonchev–Trinajstić information content (AvgIpc) is 3.23. The van der Waals surface area contributed by atoms with E-state index in [1.54, 1.807) is 19.3 Å². The van der Waals surface area contributed by atoms with Gasteiger partial charge in [-0.1, -0.05) is 114 Å². The molecule has 2 saturated heterocycles. The van der Waals surface area contributed by atoms with Crippen molar-refractivity contribution in [2.24, 2.45) is 10.8 Å². The van der Waals surface area contributed by atoms with Crippen molar-refractivity contribution in [3.63, 3.8) is 0 Å². The maximum absolute atomic E-state index is 13.5. The molecule has 5 atom stereocenters. The van der Waals surface area contributed by atoms with E-state index in [9.17, 15) is 19.2 Å². The molecule has 13 nitrogen and oxygen atoms in total. The van der Waals surface area contributed by atoms with Crippen molar-refractivity contribution in [3.05, 3.63) is 48.6 Å².